The number of esters is 1. The lowest BCUT2D eigenvalue weighted by atomic mass is 10.4. The number of pyridine rings is 1. The molecule has 2 rings (SSSR count). The number of carbonyl (C=O) groups excluding carboxylic acids is 1. The highest BCUT2D eigenvalue weighted by Crippen LogP contribution is 2.18. The van der Waals surface area contributed by atoms with E-state index < -0.39 is 5.97 Å². The Kier molecular flexibility index (Phi) is 3.57. The van der Waals surface area contributed by atoms with Gasteiger partial charge in [0.05, 0.1) is 13.7 Å². The van der Waals surface area contributed by atoms with Gasteiger partial charge in [-0.25, -0.2) is 9.78 Å². The van der Waals surface area contributed by atoms with Crippen LogP contribution < -0.4 is 4.74 Å². The summed E-state index contributed by atoms with van der Waals surface area (Å²) in [5.41, 5.74) is 0.194. The van der Waals surface area contributed by atoms with Crippen LogP contribution in [0.1, 0.15) is 17.4 Å². The molecule has 0 saturated carbocycles. The number of hydrogen-bond acceptors (Lipinski definition) is 5. The Labute approximate surface area is 104 Å². The monoisotopic (exact) mass is 247 g/mol. The van der Waals surface area contributed by atoms with Crippen LogP contribution in [0.25, 0.3) is 5.82 Å². The summed E-state index contributed by atoms with van der Waals surface area (Å²) in [6.45, 7) is 2.04. The topological polar surface area (TPSA) is 66.2 Å². The van der Waals surface area contributed by atoms with Gasteiger partial charge < -0.3 is 9.47 Å². The highest BCUT2D eigenvalue weighted by molar-refractivity contribution is 5.87. The second-order valence-electron chi connectivity index (χ2n) is 3.39. The van der Waals surface area contributed by atoms with Crippen LogP contribution in [0, 0.1) is 0 Å². The average molecular weight is 247 g/mol. The number of rotatable bonds is 4. The predicted octanol–water partition coefficient (Wildman–Crippen LogP) is 1.45. The van der Waals surface area contributed by atoms with Crippen LogP contribution in [0.5, 0.6) is 5.88 Å². The van der Waals surface area contributed by atoms with Gasteiger partial charge in [-0.2, -0.15) is 9.78 Å². The molecule has 18 heavy (non-hydrogen) atoms. The first-order chi connectivity index (χ1) is 8.76. The molecule has 0 unspecified atom stereocenters. The molecule has 6 heteroatoms. The molecule has 6 nitrogen and oxygen atoms in total. The van der Waals surface area contributed by atoms with Crippen molar-refractivity contribution in [2.24, 2.45) is 0 Å². The molecular weight excluding hydrogens is 234 g/mol. The zero-order valence-corrected chi connectivity index (χ0v) is 10.2. The Bertz CT molecular complexity index is 537. The number of nitrogens with zero attached hydrogens (tertiary/aromatic N) is 3. The third kappa shape index (κ3) is 2.32. The summed E-state index contributed by atoms with van der Waals surface area (Å²) >= 11 is 0. The first kappa shape index (κ1) is 12.1. The molecule has 0 atom stereocenters. The van der Waals surface area contributed by atoms with E-state index in [1.165, 1.54) is 17.9 Å². The zero-order valence-electron chi connectivity index (χ0n) is 10.2. The fraction of sp³-hybridized carbons (Fsp3) is 0.250. The van der Waals surface area contributed by atoms with E-state index in [1.54, 1.807) is 25.3 Å². The maximum atomic E-state index is 11.6. The van der Waals surface area contributed by atoms with E-state index in [4.69, 9.17) is 9.47 Å². The molecule has 0 amide bonds. The van der Waals surface area contributed by atoms with E-state index in [2.05, 4.69) is 10.1 Å². The van der Waals surface area contributed by atoms with Crippen LogP contribution in [0.4, 0.5) is 0 Å². The minimum Gasteiger partial charge on any atom is -0.481 e. The first-order valence-electron chi connectivity index (χ1n) is 5.49. The summed E-state index contributed by atoms with van der Waals surface area (Å²) in [5, 5.41) is 4.12. The number of aromatic nitrogens is 3. The Hall–Kier alpha value is -2.37. The molecule has 0 fully saturated rings. The molecule has 0 N–H and O–H groups in total. The summed E-state index contributed by atoms with van der Waals surface area (Å²) in [6, 6.07) is 6.91. The minimum atomic E-state index is -0.481. The summed E-state index contributed by atoms with van der Waals surface area (Å²) < 4.78 is 11.5. The van der Waals surface area contributed by atoms with E-state index in [0.717, 1.165) is 0 Å². The van der Waals surface area contributed by atoms with Crippen LogP contribution >= 0.6 is 0 Å². The van der Waals surface area contributed by atoms with Gasteiger partial charge in [0.2, 0.25) is 5.88 Å². The normalized spacial score (nSPS) is 10.1. The second-order valence-corrected chi connectivity index (χ2v) is 3.39. The second kappa shape index (κ2) is 5.31. The molecule has 94 valence electrons. The maximum Gasteiger partial charge on any atom is 0.358 e. The Morgan fingerprint density at radius 3 is 2.89 bits per heavy atom. The molecule has 0 aliphatic rings. The summed E-state index contributed by atoms with van der Waals surface area (Å²) in [7, 11) is 1.51. The van der Waals surface area contributed by atoms with Gasteiger partial charge in [-0.1, -0.05) is 6.07 Å². The van der Waals surface area contributed by atoms with E-state index in [0.29, 0.717) is 18.3 Å². The maximum absolute atomic E-state index is 11.6. The summed E-state index contributed by atoms with van der Waals surface area (Å²) in [5.74, 6) is 0.520. The van der Waals surface area contributed by atoms with Gasteiger partial charge in [0.15, 0.2) is 11.5 Å². The van der Waals surface area contributed by atoms with Gasteiger partial charge >= 0.3 is 5.97 Å². The lowest BCUT2D eigenvalue weighted by Gasteiger charge is -2.03. The van der Waals surface area contributed by atoms with Crippen molar-refractivity contribution < 1.29 is 14.3 Å². The fourth-order valence-corrected chi connectivity index (χ4v) is 1.46. The Morgan fingerprint density at radius 1 is 1.44 bits per heavy atom. The van der Waals surface area contributed by atoms with Gasteiger partial charge in [-0.3, -0.25) is 0 Å². The van der Waals surface area contributed by atoms with E-state index in [9.17, 15) is 4.79 Å². The Balaban J connectivity index is 2.39. The molecule has 2 heterocycles. The van der Waals surface area contributed by atoms with Crippen molar-refractivity contribution in [3.05, 3.63) is 36.2 Å². The van der Waals surface area contributed by atoms with Crippen molar-refractivity contribution in [2.75, 3.05) is 13.7 Å². The Morgan fingerprint density at radius 2 is 2.28 bits per heavy atom. The lowest BCUT2D eigenvalue weighted by molar-refractivity contribution is 0.0519. The van der Waals surface area contributed by atoms with Crippen LogP contribution in [-0.2, 0) is 4.74 Å². The number of ether oxygens (including phenoxy) is 2. The third-order valence-electron chi connectivity index (χ3n) is 2.24. The van der Waals surface area contributed by atoms with E-state index >= 15 is 0 Å². The molecule has 0 aliphatic carbocycles. The van der Waals surface area contributed by atoms with Gasteiger partial charge in [0, 0.05) is 12.3 Å². The van der Waals surface area contributed by atoms with Crippen LogP contribution in [0.2, 0.25) is 0 Å². The summed E-state index contributed by atoms with van der Waals surface area (Å²) in [4.78, 5) is 15.7. The van der Waals surface area contributed by atoms with Crippen LogP contribution in [0.3, 0.4) is 0 Å². The van der Waals surface area contributed by atoms with Gasteiger partial charge in [0.25, 0.3) is 0 Å². The van der Waals surface area contributed by atoms with Crippen LogP contribution in [0.15, 0.2) is 30.5 Å². The van der Waals surface area contributed by atoms with Gasteiger partial charge in [0.1, 0.15) is 0 Å². The van der Waals surface area contributed by atoms with Crippen molar-refractivity contribution >= 4 is 5.97 Å². The number of hydrogen-bond donors (Lipinski definition) is 0. The van der Waals surface area contributed by atoms with Gasteiger partial charge in [-0.15, -0.1) is 0 Å². The number of methoxy groups -OCH3 is 1. The molecule has 0 aromatic carbocycles. The van der Waals surface area contributed by atoms with E-state index in [-0.39, 0.29) is 5.69 Å². The fourth-order valence-electron chi connectivity index (χ4n) is 1.46. The summed E-state index contributed by atoms with van der Waals surface area (Å²) in [6.07, 6.45) is 1.64. The van der Waals surface area contributed by atoms with Crippen molar-refractivity contribution in [2.45, 2.75) is 6.92 Å². The predicted molar refractivity (Wildman–Crippen MR) is 63.9 cm³/mol. The quantitative estimate of drug-likeness (QED) is 0.765. The van der Waals surface area contributed by atoms with E-state index in [1.807, 2.05) is 6.07 Å². The minimum absolute atomic E-state index is 0.194. The number of carbonyl (C=O) groups is 1. The standard InChI is InChI=1S/C12H13N3O3/c1-3-18-12(16)9-8-11(17-2)15(14-9)10-6-4-5-7-13-10/h4-8H,3H2,1-2H3. The molecule has 0 radical (unpaired) electrons. The lowest BCUT2D eigenvalue weighted by Crippen LogP contribution is -2.07. The largest absolute Gasteiger partial charge is 0.481 e. The molecule has 0 bridgehead atoms. The molecule has 0 saturated heterocycles. The average Bonchev–Trinajstić information content (AvgIpc) is 2.84. The molecule has 0 spiro atoms. The first-order valence-corrected chi connectivity index (χ1v) is 5.49. The highest BCUT2D eigenvalue weighted by atomic mass is 16.5. The third-order valence-corrected chi connectivity index (χ3v) is 2.24. The highest BCUT2D eigenvalue weighted by Gasteiger charge is 2.17. The van der Waals surface area contributed by atoms with Crippen molar-refractivity contribution in [3.8, 4) is 11.7 Å². The van der Waals surface area contributed by atoms with Crippen molar-refractivity contribution in [1.29, 1.82) is 0 Å². The zero-order chi connectivity index (χ0) is 13.0. The smallest absolute Gasteiger partial charge is 0.358 e. The molecule has 0 aliphatic heterocycles. The molecule has 2 aromatic rings. The van der Waals surface area contributed by atoms with Crippen LogP contribution in [-0.4, -0.2) is 34.5 Å². The molecule has 2 aromatic heterocycles. The van der Waals surface area contributed by atoms with Crippen molar-refractivity contribution in [1.82, 2.24) is 14.8 Å². The van der Waals surface area contributed by atoms with Gasteiger partial charge in [-0.05, 0) is 19.1 Å². The molecular formula is C12H13N3O3. The SMILES string of the molecule is CCOC(=O)c1cc(OC)n(-c2ccccn2)n1. The van der Waals surface area contributed by atoms with Crippen molar-refractivity contribution in [3.63, 3.8) is 0 Å².